The second-order valence-electron chi connectivity index (χ2n) is 9.73. The van der Waals surface area contributed by atoms with Gasteiger partial charge >= 0.3 is 5.97 Å². The first-order valence-electron chi connectivity index (χ1n) is 13.3. The lowest BCUT2D eigenvalue weighted by molar-refractivity contribution is -0.120. The van der Waals surface area contributed by atoms with Crippen LogP contribution in [0.2, 0.25) is 0 Å². The molecule has 9 nitrogen and oxygen atoms in total. The molecule has 0 fully saturated rings. The molecule has 216 valence electrons. The van der Waals surface area contributed by atoms with Crippen LogP contribution < -0.4 is 20.3 Å². The van der Waals surface area contributed by atoms with E-state index in [2.05, 4.69) is 10.6 Å². The number of imide groups is 1. The summed E-state index contributed by atoms with van der Waals surface area (Å²) in [5.74, 6) is -0.866. The Labute approximate surface area is 252 Å². The van der Waals surface area contributed by atoms with Gasteiger partial charge in [-0.05, 0) is 98.8 Å². The monoisotopic (exact) mass is 595 g/mol. The molecule has 1 aliphatic rings. The summed E-state index contributed by atoms with van der Waals surface area (Å²) in [6.45, 7) is 3.48. The van der Waals surface area contributed by atoms with E-state index in [-0.39, 0.29) is 34.0 Å². The number of nitrogens with one attached hydrogen (secondary N) is 2. The average molecular weight is 596 g/mol. The molecule has 3 amide bonds. The normalized spacial score (nSPS) is 12.9. The number of rotatable bonds is 9. The van der Waals surface area contributed by atoms with Crippen LogP contribution in [0.25, 0.3) is 0 Å². The van der Waals surface area contributed by atoms with E-state index in [1.165, 1.54) is 24.3 Å². The summed E-state index contributed by atoms with van der Waals surface area (Å²) in [6.07, 6.45) is -0.285. The van der Waals surface area contributed by atoms with Crippen LogP contribution in [0.1, 0.15) is 34.6 Å². The Bertz CT molecular complexity index is 1700. The summed E-state index contributed by atoms with van der Waals surface area (Å²) in [5, 5.41) is 5.42. The Balaban J connectivity index is 1.20. The van der Waals surface area contributed by atoms with Crippen molar-refractivity contribution in [3.8, 4) is 11.5 Å². The molecule has 5 rings (SSSR count). The molecular formula is C33H26ClN3O6. The molecule has 1 aliphatic heterocycles. The van der Waals surface area contributed by atoms with Crippen LogP contribution in [0.5, 0.6) is 11.5 Å². The standard InChI is InChI=1S/C33H26ClN3O6/c1-20(2)42-33(41)22-10-16-25(17-11-22)37-31(39)28(34)29(32(37)40)35-23-12-8-21(9-13-23)30(38)36-24-14-18-27(19-15-24)43-26-6-4-3-5-7-26/h3-20,35H,1-2H3,(H,36,38). The number of anilines is 3. The molecule has 2 N–H and O–H groups in total. The van der Waals surface area contributed by atoms with Crippen molar-refractivity contribution >= 4 is 52.4 Å². The van der Waals surface area contributed by atoms with Crippen LogP contribution in [0.3, 0.4) is 0 Å². The van der Waals surface area contributed by atoms with E-state index in [0.29, 0.717) is 28.4 Å². The van der Waals surface area contributed by atoms with Gasteiger partial charge in [-0.25, -0.2) is 9.69 Å². The maximum atomic E-state index is 13.1. The number of esters is 1. The van der Waals surface area contributed by atoms with E-state index in [9.17, 15) is 19.2 Å². The van der Waals surface area contributed by atoms with Gasteiger partial charge in [-0.2, -0.15) is 0 Å². The van der Waals surface area contributed by atoms with Gasteiger partial charge in [-0.15, -0.1) is 0 Å². The van der Waals surface area contributed by atoms with Gasteiger partial charge in [0.1, 0.15) is 22.2 Å². The lowest BCUT2D eigenvalue weighted by Gasteiger charge is -2.16. The van der Waals surface area contributed by atoms with Gasteiger partial charge in [0, 0.05) is 16.9 Å². The van der Waals surface area contributed by atoms with Gasteiger partial charge in [0.2, 0.25) is 0 Å². The number of nitrogens with zero attached hydrogens (tertiary/aromatic N) is 1. The van der Waals surface area contributed by atoms with Crippen LogP contribution in [-0.2, 0) is 14.3 Å². The van der Waals surface area contributed by atoms with Gasteiger partial charge in [0.25, 0.3) is 17.7 Å². The molecule has 0 saturated carbocycles. The first-order chi connectivity index (χ1) is 20.7. The third-order valence-corrected chi connectivity index (χ3v) is 6.59. The molecule has 0 aliphatic carbocycles. The molecule has 0 radical (unpaired) electrons. The van der Waals surface area contributed by atoms with Crippen molar-refractivity contribution in [3.63, 3.8) is 0 Å². The summed E-state index contributed by atoms with van der Waals surface area (Å²) in [6, 6.07) is 28.6. The second-order valence-corrected chi connectivity index (χ2v) is 10.1. The largest absolute Gasteiger partial charge is 0.459 e. The number of hydrogen-bond acceptors (Lipinski definition) is 7. The highest BCUT2D eigenvalue weighted by molar-refractivity contribution is 6.53. The fourth-order valence-corrected chi connectivity index (χ4v) is 4.37. The molecule has 0 saturated heterocycles. The van der Waals surface area contributed by atoms with E-state index in [1.54, 1.807) is 62.4 Å². The SMILES string of the molecule is CC(C)OC(=O)c1ccc(N2C(=O)C(Cl)=C(Nc3ccc(C(=O)Nc4ccc(Oc5ccccc5)cc4)cc3)C2=O)cc1. The van der Waals surface area contributed by atoms with Crippen molar-refractivity contribution in [1.82, 2.24) is 0 Å². The molecule has 0 atom stereocenters. The Kier molecular flexibility index (Phi) is 8.54. The van der Waals surface area contributed by atoms with Crippen molar-refractivity contribution < 1.29 is 28.7 Å². The third kappa shape index (κ3) is 6.74. The van der Waals surface area contributed by atoms with Crippen LogP contribution in [0, 0.1) is 0 Å². The van der Waals surface area contributed by atoms with Crippen molar-refractivity contribution in [2.45, 2.75) is 20.0 Å². The maximum absolute atomic E-state index is 13.1. The Morgan fingerprint density at radius 1 is 0.721 bits per heavy atom. The van der Waals surface area contributed by atoms with Crippen LogP contribution >= 0.6 is 11.6 Å². The highest BCUT2D eigenvalue weighted by atomic mass is 35.5. The molecule has 0 bridgehead atoms. The number of halogens is 1. The Morgan fingerprint density at radius 3 is 1.93 bits per heavy atom. The molecule has 1 heterocycles. The smallest absolute Gasteiger partial charge is 0.338 e. The Hall–Kier alpha value is -5.41. The number of carbonyl (C=O) groups is 4. The number of ether oxygens (including phenoxy) is 2. The number of hydrogen-bond donors (Lipinski definition) is 2. The molecule has 10 heteroatoms. The third-order valence-electron chi connectivity index (χ3n) is 6.24. The van der Waals surface area contributed by atoms with Crippen LogP contribution in [-0.4, -0.2) is 29.8 Å². The van der Waals surface area contributed by atoms with E-state index >= 15 is 0 Å². The van der Waals surface area contributed by atoms with Gasteiger partial charge in [0.05, 0.1) is 17.4 Å². The molecule has 43 heavy (non-hydrogen) atoms. The van der Waals surface area contributed by atoms with Crippen molar-refractivity contribution in [2.24, 2.45) is 0 Å². The number of carbonyl (C=O) groups excluding carboxylic acids is 4. The molecule has 0 spiro atoms. The number of benzene rings is 4. The highest BCUT2D eigenvalue weighted by Gasteiger charge is 2.39. The number of para-hydroxylation sites is 1. The molecule has 0 unspecified atom stereocenters. The van der Waals surface area contributed by atoms with Gasteiger partial charge in [-0.1, -0.05) is 29.8 Å². The summed E-state index contributed by atoms with van der Waals surface area (Å²) >= 11 is 6.24. The fourth-order valence-electron chi connectivity index (χ4n) is 4.16. The van der Waals surface area contributed by atoms with Crippen LogP contribution in [0.4, 0.5) is 17.1 Å². The zero-order valence-corrected chi connectivity index (χ0v) is 23.9. The fraction of sp³-hybridized carbons (Fsp3) is 0.0909. The lowest BCUT2D eigenvalue weighted by atomic mass is 10.2. The van der Waals surface area contributed by atoms with Crippen molar-refractivity contribution in [1.29, 1.82) is 0 Å². The van der Waals surface area contributed by atoms with Gasteiger partial charge in [-0.3, -0.25) is 14.4 Å². The van der Waals surface area contributed by atoms with Gasteiger partial charge < -0.3 is 20.1 Å². The van der Waals surface area contributed by atoms with E-state index in [4.69, 9.17) is 21.1 Å². The summed E-state index contributed by atoms with van der Waals surface area (Å²) in [7, 11) is 0. The lowest BCUT2D eigenvalue weighted by Crippen LogP contribution is -2.32. The second kappa shape index (κ2) is 12.6. The van der Waals surface area contributed by atoms with Crippen LogP contribution in [0.15, 0.2) is 114 Å². The minimum atomic E-state index is -0.706. The Morgan fingerprint density at radius 2 is 1.30 bits per heavy atom. The summed E-state index contributed by atoms with van der Waals surface area (Å²) in [5.41, 5.74) is 1.84. The minimum Gasteiger partial charge on any atom is -0.459 e. The molecule has 4 aromatic rings. The zero-order chi connectivity index (χ0) is 30.5. The minimum absolute atomic E-state index is 0.107. The zero-order valence-electron chi connectivity index (χ0n) is 23.2. The molecule has 4 aromatic carbocycles. The van der Waals surface area contributed by atoms with E-state index in [1.807, 2.05) is 30.3 Å². The summed E-state index contributed by atoms with van der Waals surface area (Å²) in [4.78, 5) is 51.8. The first-order valence-corrected chi connectivity index (χ1v) is 13.7. The van der Waals surface area contributed by atoms with Crippen molar-refractivity contribution in [2.75, 3.05) is 15.5 Å². The topological polar surface area (TPSA) is 114 Å². The molecular weight excluding hydrogens is 570 g/mol. The van der Waals surface area contributed by atoms with Crippen molar-refractivity contribution in [3.05, 3.63) is 125 Å². The highest BCUT2D eigenvalue weighted by Crippen LogP contribution is 2.30. The van der Waals surface area contributed by atoms with E-state index in [0.717, 1.165) is 4.90 Å². The maximum Gasteiger partial charge on any atom is 0.338 e. The molecule has 0 aromatic heterocycles. The number of amides is 3. The quantitative estimate of drug-likeness (QED) is 0.163. The van der Waals surface area contributed by atoms with Gasteiger partial charge in [0.15, 0.2) is 0 Å². The predicted octanol–water partition coefficient (Wildman–Crippen LogP) is 6.73. The van der Waals surface area contributed by atoms with E-state index < -0.39 is 17.8 Å². The first kappa shape index (κ1) is 29.1. The average Bonchev–Trinajstić information content (AvgIpc) is 3.21. The predicted molar refractivity (Wildman–Crippen MR) is 163 cm³/mol. The summed E-state index contributed by atoms with van der Waals surface area (Å²) < 4.78 is 10.9.